The highest BCUT2D eigenvalue weighted by molar-refractivity contribution is 5.86. The van der Waals surface area contributed by atoms with E-state index in [0.29, 0.717) is 17.6 Å². The Hall–Kier alpha value is -3.07. The van der Waals surface area contributed by atoms with Crippen LogP contribution in [0.25, 0.3) is 16.7 Å². The lowest BCUT2D eigenvalue weighted by molar-refractivity contribution is -0.141. The van der Waals surface area contributed by atoms with Crippen molar-refractivity contribution in [3.8, 4) is 6.07 Å². The Morgan fingerprint density at radius 2 is 2.21 bits per heavy atom. The van der Waals surface area contributed by atoms with Crippen LogP contribution >= 0.6 is 0 Å². The third-order valence-corrected chi connectivity index (χ3v) is 4.38. The maximum Gasteiger partial charge on any atom is 0.329 e. The second-order valence-electron chi connectivity index (χ2n) is 6.14. The van der Waals surface area contributed by atoms with E-state index in [1.54, 1.807) is 0 Å². The van der Waals surface area contributed by atoms with Crippen LogP contribution in [0.1, 0.15) is 24.5 Å². The van der Waals surface area contributed by atoms with Gasteiger partial charge in [0.2, 0.25) is 0 Å². The number of ether oxygens (including phenoxy) is 1. The summed E-state index contributed by atoms with van der Waals surface area (Å²) >= 11 is 0. The number of aromatic nitrogens is 2. The minimum Gasteiger partial charge on any atom is -0.461 e. The normalized spacial score (nSPS) is 20.3. The Morgan fingerprint density at radius 3 is 2.92 bits per heavy atom. The van der Waals surface area contributed by atoms with Gasteiger partial charge in [-0.1, -0.05) is 12.1 Å². The molecule has 24 heavy (non-hydrogen) atoms. The Balaban J connectivity index is 1.95. The molecule has 6 nitrogen and oxygen atoms in total. The van der Waals surface area contributed by atoms with E-state index in [1.807, 2.05) is 48.6 Å². The van der Waals surface area contributed by atoms with Crippen molar-refractivity contribution in [2.45, 2.75) is 32.4 Å². The van der Waals surface area contributed by atoms with Crippen molar-refractivity contribution >= 4 is 28.5 Å². The van der Waals surface area contributed by atoms with Crippen LogP contribution in [0.4, 0.5) is 5.82 Å². The van der Waals surface area contributed by atoms with Crippen molar-refractivity contribution in [3.63, 3.8) is 0 Å². The number of hydrogen-bond acceptors (Lipinski definition) is 5. The summed E-state index contributed by atoms with van der Waals surface area (Å²) in [6, 6.07) is 11.4. The van der Waals surface area contributed by atoms with Gasteiger partial charge >= 0.3 is 5.97 Å². The van der Waals surface area contributed by atoms with Crippen LogP contribution in [0.2, 0.25) is 0 Å². The zero-order valence-corrected chi connectivity index (χ0v) is 13.4. The lowest BCUT2D eigenvalue weighted by Gasteiger charge is -2.15. The average Bonchev–Trinajstić information content (AvgIpc) is 3.07. The maximum atomic E-state index is 12.0. The highest BCUT2D eigenvalue weighted by atomic mass is 16.6. The van der Waals surface area contributed by atoms with Gasteiger partial charge in [0.05, 0.1) is 16.6 Å². The second kappa shape index (κ2) is 5.24. The summed E-state index contributed by atoms with van der Waals surface area (Å²) in [6.07, 6.45) is 0.524. The van der Waals surface area contributed by atoms with E-state index in [1.165, 1.54) is 0 Å². The van der Waals surface area contributed by atoms with E-state index in [2.05, 4.69) is 16.4 Å². The summed E-state index contributed by atoms with van der Waals surface area (Å²) in [5.74, 6) is 0.494. The van der Waals surface area contributed by atoms with Crippen molar-refractivity contribution < 1.29 is 9.53 Å². The molecular formula is C18H16N4O2. The highest BCUT2D eigenvalue weighted by Crippen LogP contribution is 2.28. The molecule has 0 bridgehead atoms. The smallest absolute Gasteiger partial charge is 0.329 e. The fourth-order valence-electron chi connectivity index (χ4n) is 3.25. The molecule has 3 heterocycles. The number of esters is 1. The fraction of sp³-hybridized carbons (Fsp3) is 0.278. The van der Waals surface area contributed by atoms with Crippen LogP contribution in [-0.2, 0) is 9.53 Å². The number of carbonyl (C=O) groups is 1. The Labute approximate surface area is 138 Å². The highest BCUT2D eigenvalue weighted by Gasteiger charge is 2.32. The largest absolute Gasteiger partial charge is 0.461 e. The molecule has 0 amide bonds. The predicted octanol–water partition coefficient (Wildman–Crippen LogP) is 2.78. The first kappa shape index (κ1) is 14.5. The van der Waals surface area contributed by atoms with E-state index in [9.17, 15) is 10.1 Å². The molecule has 4 rings (SSSR count). The monoisotopic (exact) mass is 320 g/mol. The van der Waals surface area contributed by atoms with Crippen molar-refractivity contribution in [1.29, 1.82) is 5.26 Å². The predicted molar refractivity (Wildman–Crippen MR) is 89.7 cm³/mol. The molecular weight excluding hydrogens is 304 g/mol. The van der Waals surface area contributed by atoms with Crippen molar-refractivity contribution in [3.05, 3.63) is 41.5 Å². The van der Waals surface area contributed by atoms with Gasteiger partial charge in [0.15, 0.2) is 5.65 Å². The number of para-hydroxylation sites is 2. The van der Waals surface area contributed by atoms with E-state index in [-0.39, 0.29) is 12.1 Å². The van der Waals surface area contributed by atoms with Gasteiger partial charge < -0.3 is 10.1 Å². The first-order valence-corrected chi connectivity index (χ1v) is 7.86. The molecule has 1 saturated heterocycles. The summed E-state index contributed by atoms with van der Waals surface area (Å²) < 4.78 is 7.12. The zero-order chi connectivity index (χ0) is 16.8. The summed E-state index contributed by atoms with van der Waals surface area (Å²) in [7, 11) is 0. The van der Waals surface area contributed by atoms with Gasteiger partial charge in [-0.3, -0.25) is 4.40 Å². The molecule has 6 heteroatoms. The number of nitriles is 1. The van der Waals surface area contributed by atoms with Crippen LogP contribution in [0.3, 0.4) is 0 Å². The number of hydrogen-bond donors (Lipinski definition) is 1. The van der Waals surface area contributed by atoms with Gasteiger partial charge in [-0.25, -0.2) is 9.78 Å². The SMILES string of the molecule is Cc1cc(NC2CC(C)OC2=O)n2c(nc3ccccc32)c1C#N. The topological polar surface area (TPSA) is 79.4 Å². The minimum absolute atomic E-state index is 0.0931. The number of pyridine rings is 1. The van der Waals surface area contributed by atoms with E-state index in [4.69, 9.17) is 4.74 Å². The average molecular weight is 320 g/mol. The molecule has 1 fully saturated rings. The number of nitrogens with one attached hydrogen (secondary N) is 1. The quantitative estimate of drug-likeness (QED) is 0.735. The molecule has 0 saturated carbocycles. The molecule has 1 aliphatic heterocycles. The van der Waals surface area contributed by atoms with E-state index in [0.717, 1.165) is 22.4 Å². The second-order valence-corrected chi connectivity index (χ2v) is 6.14. The number of aryl methyl sites for hydroxylation is 1. The van der Waals surface area contributed by atoms with Gasteiger partial charge in [-0.05, 0) is 37.6 Å². The van der Waals surface area contributed by atoms with Crippen LogP contribution in [-0.4, -0.2) is 27.5 Å². The molecule has 2 aromatic heterocycles. The van der Waals surface area contributed by atoms with Crippen LogP contribution in [0.15, 0.2) is 30.3 Å². The third kappa shape index (κ3) is 2.09. The Morgan fingerprint density at radius 1 is 1.42 bits per heavy atom. The molecule has 0 spiro atoms. The number of rotatable bonds is 2. The fourth-order valence-corrected chi connectivity index (χ4v) is 3.25. The summed E-state index contributed by atoms with van der Waals surface area (Å²) in [4.78, 5) is 16.6. The standard InChI is InChI=1S/C18H16N4O2/c1-10-7-16(20-14-8-11(2)24-18(14)23)22-15-6-4-3-5-13(15)21-17(22)12(10)9-19/h3-7,11,14,20H,8H2,1-2H3. The number of carbonyl (C=O) groups excluding carboxylic acids is 1. The number of cyclic esters (lactones) is 1. The summed E-state index contributed by atoms with van der Waals surface area (Å²) in [5, 5.41) is 12.8. The van der Waals surface area contributed by atoms with Crippen molar-refractivity contribution in [1.82, 2.24) is 9.38 Å². The number of anilines is 1. The number of imidazole rings is 1. The summed E-state index contributed by atoms with van der Waals surface area (Å²) in [5.41, 5.74) is 3.66. The van der Waals surface area contributed by atoms with E-state index < -0.39 is 6.04 Å². The van der Waals surface area contributed by atoms with Crippen LogP contribution < -0.4 is 5.32 Å². The lowest BCUT2D eigenvalue weighted by atomic mass is 10.1. The molecule has 0 aliphatic carbocycles. The van der Waals surface area contributed by atoms with Gasteiger partial charge in [-0.15, -0.1) is 0 Å². The number of fused-ring (bicyclic) bond motifs is 3. The first-order chi connectivity index (χ1) is 11.6. The van der Waals surface area contributed by atoms with Crippen molar-refractivity contribution in [2.75, 3.05) is 5.32 Å². The zero-order valence-electron chi connectivity index (χ0n) is 13.4. The number of nitrogens with zero attached hydrogens (tertiary/aromatic N) is 3. The van der Waals surface area contributed by atoms with Gasteiger partial charge in [0.25, 0.3) is 0 Å². The van der Waals surface area contributed by atoms with Crippen LogP contribution in [0, 0.1) is 18.3 Å². The number of benzene rings is 1. The molecule has 1 aliphatic rings. The molecule has 120 valence electrons. The maximum absolute atomic E-state index is 12.0. The van der Waals surface area contributed by atoms with Gasteiger partial charge in [0.1, 0.15) is 24.0 Å². The first-order valence-electron chi connectivity index (χ1n) is 7.86. The molecule has 1 aromatic carbocycles. The molecule has 3 aromatic rings. The minimum atomic E-state index is -0.392. The van der Waals surface area contributed by atoms with Crippen molar-refractivity contribution in [2.24, 2.45) is 0 Å². The Bertz CT molecular complexity index is 1020. The molecule has 0 radical (unpaired) electrons. The van der Waals surface area contributed by atoms with Gasteiger partial charge in [-0.2, -0.15) is 5.26 Å². The lowest BCUT2D eigenvalue weighted by Crippen LogP contribution is -2.25. The van der Waals surface area contributed by atoms with Gasteiger partial charge in [0, 0.05) is 6.42 Å². The summed E-state index contributed by atoms with van der Waals surface area (Å²) in [6.45, 7) is 3.75. The molecule has 2 atom stereocenters. The van der Waals surface area contributed by atoms with E-state index >= 15 is 0 Å². The Kier molecular flexibility index (Phi) is 3.17. The third-order valence-electron chi connectivity index (χ3n) is 4.38. The molecule has 1 N–H and O–H groups in total. The molecule has 2 unspecified atom stereocenters. The van der Waals surface area contributed by atoms with Crippen LogP contribution in [0.5, 0.6) is 0 Å².